The zero-order valence-electron chi connectivity index (χ0n) is 20.2. The average molecular weight is 475 g/mol. The van der Waals surface area contributed by atoms with Gasteiger partial charge in [-0.25, -0.2) is 0 Å². The molecule has 0 saturated heterocycles. The summed E-state index contributed by atoms with van der Waals surface area (Å²) in [7, 11) is 1.63. The van der Waals surface area contributed by atoms with Gasteiger partial charge in [-0.2, -0.15) is 0 Å². The molecule has 35 heavy (non-hydrogen) atoms. The van der Waals surface area contributed by atoms with E-state index in [4.69, 9.17) is 14.2 Å². The van der Waals surface area contributed by atoms with Gasteiger partial charge in [-0.3, -0.25) is 9.59 Å². The maximum absolute atomic E-state index is 13.1. The number of ether oxygens (including phenoxy) is 3. The molecule has 7 heteroatoms. The maximum Gasteiger partial charge on any atom is 0.255 e. The zero-order valence-corrected chi connectivity index (χ0v) is 20.2. The molecular formula is C28H30N2O5. The van der Waals surface area contributed by atoms with Gasteiger partial charge in [0, 0.05) is 23.6 Å². The van der Waals surface area contributed by atoms with Gasteiger partial charge in [0.1, 0.15) is 17.2 Å². The summed E-state index contributed by atoms with van der Waals surface area (Å²) in [5.41, 5.74) is 2.64. The van der Waals surface area contributed by atoms with Gasteiger partial charge < -0.3 is 24.8 Å². The number of amides is 2. The molecule has 2 N–H and O–H groups in total. The smallest absolute Gasteiger partial charge is 0.255 e. The van der Waals surface area contributed by atoms with Crippen LogP contribution in [0.5, 0.6) is 17.2 Å². The number of nitrogens with one attached hydrogen (secondary N) is 2. The fraction of sp³-hybridized carbons (Fsp3) is 0.286. The summed E-state index contributed by atoms with van der Waals surface area (Å²) in [5.74, 6) is 1.44. The van der Waals surface area contributed by atoms with E-state index in [-0.39, 0.29) is 23.7 Å². The minimum atomic E-state index is -0.258. The summed E-state index contributed by atoms with van der Waals surface area (Å²) >= 11 is 0. The summed E-state index contributed by atoms with van der Waals surface area (Å²) in [4.78, 5) is 25.8. The Morgan fingerprint density at radius 1 is 0.857 bits per heavy atom. The van der Waals surface area contributed by atoms with Gasteiger partial charge in [-0.15, -0.1) is 0 Å². The molecule has 0 aliphatic heterocycles. The molecule has 182 valence electrons. The second-order valence-electron chi connectivity index (χ2n) is 8.24. The molecule has 0 heterocycles. The lowest BCUT2D eigenvalue weighted by molar-refractivity contribution is -0.117. The molecule has 0 spiro atoms. The van der Waals surface area contributed by atoms with Gasteiger partial charge in [0.05, 0.1) is 31.7 Å². The van der Waals surface area contributed by atoms with E-state index in [0.717, 1.165) is 17.7 Å². The van der Waals surface area contributed by atoms with E-state index in [1.807, 2.05) is 44.2 Å². The predicted octanol–water partition coefficient (Wildman–Crippen LogP) is 5.49. The van der Waals surface area contributed by atoms with Crippen molar-refractivity contribution in [1.29, 1.82) is 0 Å². The third kappa shape index (κ3) is 5.74. The van der Waals surface area contributed by atoms with Crippen LogP contribution >= 0.6 is 0 Å². The van der Waals surface area contributed by atoms with Gasteiger partial charge >= 0.3 is 0 Å². The quantitative estimate of drug-likeness (QED) is 0.406. The number of benzene rings is 3. The highest BCUT2D eigenvalue weighted by molar-refractivity contribution is 6.05. The lowest BCUT2D eigenvalue weighted by Crippen LogP contribution is -2.17. The lowest BCUT2D eigenvalue weighted by atomic mass is 10.1. The van der Waals surface area contributed by atoms with Crippen LogP contribution in [0.3, 0.4) is 0 Å². The van der Waals surface area contributed by atoms with Gasteiger partial charge in [-0.1, -0.05) is 30.3 Å². The van der Waals surface area contributed by atoms with Crippen molar-refractivity contribution in [3.63, 3.8) is 0 Å². The molecule has 3 aromatic rings. The highest BCUT2D eigenvalue weighted by atomic mass is 16.5. The first-order valence-electron chi connectivity index (χ1n) is 11.8. The van der Waals surface area contributed by atoms with Crippen molar-refractivity contribution < 1.29 is 23.8 Å². The Labute approximate surface area is 205 Å². The van der Waals surface area contributed by atoms with Crippen LogP contribution < -0.4 is 24.8 Å². The van der Waals surface area contributed by atoms with E-state index in [2.05, 4.69) is 10.6 Å². The van der Waals surface area contributed by atoms with Crippen molar-refractivity contribution >= 4 is 23.2 Å². The molecule has 1 saturated carbocycles. The van der Waals surface area contributed by atoms with Crippen molar-refractivity contribution in [2.75, 3.05) is 31.0 Å². The van der Waals surface area contributed by atoms with E-state index >= 15 is 0 Å². The Hall–Kier alpha value is -4.00. The zero-order chi connectivity index (χ0) is 24.8. The highest BCUT2D eigenvalue weighted by Gasteiger charge is 2.44. The summed E-state index contributed by atoms with van der Waals surface area (Å²) in [6.07, 6.45) is 0.783. The van der Waals surface area contributed by atoms with Gasteiger partial charge in [0.2, 0.25) is 5.91 Å². The Morgan fingerprint density at radius 2 is 1.46 bits per heavy atom. The van der Waals surface area contributed by atoms with Crippen LogP contribution in [0.1, 0.15) is 42.1 Å². The van der Waals surface area contributed by atoms with E-state index in [1.54, 1.807) is 43.5 Å². The van der Waals surface area contributed by atoms with Crippen molar-refractivity contribution in [2.45, 2.75) is 26.2 Å². The summed E-state index contributed by atoms with van der Waals surface area (Å²) in [6.45, 7) is 4.53. The molecule has 3 aromatic carbocycles. The van der Waals surface area contributed by atoms with Crippen molar-refractivity contribution in [3.05, 3.63) is 77.9 Å². The summed E-state index contributed by atoms with van der Waals surface area (Å²) in [6, 6.07) is 20.2. The van der Waals surface area contributed by atoms with Gasteiger partial charge in [0.25, 0.3) is 5.91 Å². The minimum Gasteiger partial charge on any atom is -0.497 e. The second kappa shape index (κ2) is 11.0. The largest absolute Gasteiger partial charge is 0.497 e. The van der Waals surface area contributed by atoms with Crippen LogP contribution in [0.15, 0.2) is 66.7 Å². The van der Waals surface area contributed by atoms with Crippen LogP contribution in [0, 0.1) is 5.92 Å². The van der Waals surface area contributed by atoms with Crippen LogP contribution in [0.4, 0.5) is 11.4 Å². The Balaban J connectivity index is 1.53. The molecule has 2 amide bonds. The highest BCUT2D eigenvalue weighted by Crippen LogP contribution is 2.49. The number of carbonyl (C=O) groups is 2. The Kier molecular flexibility index (Phi) is 7.55. The van der Waals surface area contributed by atoms with Gasteiger partial charge in [0.15, 0.2) is 0 Å². The molecule has 7 nitrogen and oxygen atoms in total. The number of anilines is 2. The SMILES string of the molecule is CCOc1cc(NC(=O)C2CC2c2ccc(OC)cc2)c(OCC)cc1NC(=O)c1ccccc1. The Bertz CT molecular complexity index is 1180. The predicted molar refractivity (Wildman–Crippen MR) is 136 cm³/mol. The maximum atomic E-state index is 13.1. The van der Waals surface area contributed by atoms with E-state index in [0.29, 0.717) is 41.7 Å². The number of rotatable bonds is 10. The fourth-order valence-corrected chi connectivity index (χ4v) is 4.02. The van der Waals surface area contributed by atoms with Crippen molar-refractivity contribution in [2.24, 2.45) is 5.92 Å². The van der Waals surface area contributed by atoms with Crippen molar-refractivity contribution in [3.8, 4) is 17.2 Å². The third-order valence-electron chi connectivity index (χ3n) is 5.89. The monoisotopic (exact) mass is 474 g/mol. The molecule has 1 aliphatic rings. The standard InChI is InChI=1S/C28H30N2O5/c1-4-34-25-17-24(30-28(32)22-15-21(22)18-11-13-20(33-3)14-12-18)26(35-5-2)16-23(25)29-27(31)19-9-7-6-8-10-19/h6-14,16-17,21-22H,4-5,15H2,1-3H3,(H,29,31)(H,30,32). The van der Waals surface area contributed by atoms with E-state index in [1.165, 1.54) is 0 Å². The first-order valence-corrected chi connectivity index (χ1v) is 11.8. The second-order valence-corrected chi connectivity index (χ2v) is 8.24. The molecule has 1 aliphatic carbocycles. The van der Waals surface area contributed by atoms with Crippen LogP contribution in [0.2, 0.25) is 0 Å². The Morgan fingerprint density at radius 3 is 2.03 bits per heavy atom. The lowest BCUT2D eigenvalue weighted by Gasteiger charge is -2.18. The first kappa shape index (κ1) is 24.1. The van der Waals surface area contributed by atoms with Crippen LogP contribution in [-0.2, 0) is 4.79 Å². The minimum absolute atomic E-state index is 0.0738. The molecule has 1 fully saturated rings. The third-order valence-corrected chi connectivity index (χ3v) is 5.89. The molecule has 4 rings (SSSR count). The van der Waals surface area contributed by atoms with E-state index in [9.17, 15) is 9.59 Å². The van der Waals surface area contributed by atoms with E-state index < -0.39 is 0 Å². The van der Waals surface area contributed by atoms with Gasteiger partial charge in [-0.05, 0) is 56.0 Å². The van der Waals surface area contributed by atoms with Crippen molar-refractivity contribution in [1.82, 2.24) is 0 Å². The van der Waals surface area contributed by atoms with Crippen LogP contribution in [0.25, 0.3) is 0 Å². The molecule has 2 unspecified atom stereocenters. The number of hydrogen-bond acceptors (Lipinski definition) is 5. The fourth-order valence-electron chi connectivity index (χ4n) is 4.02. The van der Waals surface area contributed by atoms with Crippen LogP contribution in [-0.4, -0.2) is 32.1 Å². The number of methoxy groups -OCH3 is 1. The number of carbonyl (C=O) groups excluding carboxylic acids is 2. The molecule has 0 bridgehead atoms. The first-order chi connectivity index (χ1) is 17.0. The number of hydrogen-bond donors (Lipinski definition) is 2. The summed E-state index contributed by atoms with van der Waals surface area (Å²) < 4.78 is 16.8. The molecule has 0 radical (unpaired) electrons. The molecule has 2 atom stereocenters. The normalized spacial score (nSPS) is 16.2. The molecular weight excluding hydrogens is 444 g/mol. The summed E-state index contributed by atoms with van der Waals surface area (Å²) in [5, 5.41) is 5.91. The topological polar surface area (TPSA) is 85.9 Å². The average Bonchev–Trinajstić information content (AvgIpc) is 3.68. The molecule has 0 aromatic heterocycles.